The van der Waals surface area contributed by atoms with Crippen LogP contribution in [0, 0.1) is 11.6 Å². The molecular weight excluding hydrogens is 218 g/mol. The zero-order valence-electron chi connectivity index (χ0n) is 8.56. The maximum absolute atomic E-state index is 13.2. The van der Waals surface area contributed by atoms with Crippen LogP contribution in [0.25, 0.3) is 0 Å². The van der Waals surface area contributed by atoms with Crippen LogP contribution in [0.15, 0.2) is 29.8 Å². The SMILES string of the molecule is C/C(=C/CCCl)Cc1c(F)cccc1F. The van der Waals surface area contributed by atoms with Crippen LogP contribution >= 0.6 is 11.6 Å². The summed E-state index contributed by atoms with van der Waals surface area (Å²) >= 11 is 5.52. The molecule has 0 amide bonds. The molecule has 0 N–H and O–H groups in total. The number of benzene rings is 1. The van der Waals surface area contributed by atoms with E-state index < -0.39 is 11.6 Å². The van der Waals surface area contributed by atoms with E-state index in [0.717, 1.165) is 12.0 Å². The molecule has 1 aromatic rings. The van der Waals surface area contributed by atoms with E-state index in [9.17, 15) is 8.78 Å². The van der Waals surface area contributed by atoms with E-state index in [-0.39, 0.29) is 5.56 Å². The molecule has 0 saturated carbocycles. The number of rotatable bonds is 4. The zero-order chi connectivity index (χ0) is 11.3. The summed E-state index contributed by atoms with van der Waals surface area (Å²) < 4.78 is 26.5. The molecule has 0 atom stereocenters. The average molecular weight is 231 g/mol. The van der Waals surface area contributed by atoms with Gasteiger partial charge in [0.25, 0.3) is 0 Å². The number of alkyl halides is 1. The maximum Gasteiger partial charge on any atom is 0.129 e. The van der Waals surface area contributed by atoms with Crippen LogP contribution in [0.4, 0.5) is 8.78 Å². The summed E-state index contributed by atoms with van der Waals surface area (Å²) in [5.74, 6) is -0.459. The molecule has 1 aromatic carbocycles. The lowest BCUT2D eigenvalue weighted by Gasteiger charge is -2.04. The Morgan fingerprint density at radius 1 is 1.33 bits per heavy atom. The minimum Gasteiger partial charge on any atom is -0.207 e. The molecule has 0 spiro atoms. The summed E-state index contributed by atoms with van der Waals surface area (Å²) in [5, 5.41) is 0. The largest absolute Gasteiger partial charge is 0.207 e. The van der Waals surface area contributed by atoms with E-state index in [1.54, 1.807) is 0 Å². The van der Waals surface area contributed by atoms with Crippen LogP contribution in [-0.4, -0.2) is 5.88 Å². The van der Waals surface area contributed by atoms with Gasteiger partial charge in [0.1, 0.15) is 11.6 Å². The van der Waals surface area contributed by atoms with Crippen molar-refractivity contribution in [3.8, 4) is 0 Å². The van der Waals surface area contributed by atoms with Crippen molar-refractivity contribution in [1.29, 1.82) is 0 Å². The molecule has 0 fully saturated rings. The third-order valence-electron chi connectivity index (χ3n) is 2.12. The molecule has 15 heavy (non-hydrogen) atoms. The molecule has 3 heteroatoms. The molecule has 0 nitrogen and oxygen atoms in total. The van der Waals surface area contributed by atoms with E-state index in [1.807, 2.05) is 13.0 Å². The second-order valence-electron chi connectivity index (χ2n) is 3.41. The molecule has 1 rings (SSSR count). The summed E-state index contributed by atoms with van der Waals surface area (Å²) in [5.41, 5.74) is 1.06. The van der Waals surface area contributed by atoms with Crippen molar-refractivity contribution in [2.24, 2.45) is 0 Å². The molecule has 0 aromatic heterocycles. The van der Waals surface area contributed by atoms with E-state index >= 15 is 0 Å². The Labute approximate surface area is 93.6 Å². The molecule has 0 aliphatic carbocycles. The molecular formula is C12H13ClF2. The van der Waals surface area contributed by atoms with Crippen molar-refractivity contribution in [3.05, 3.63) is 47.0 Å². The molecule has 82 valence electrons. The van der Waals surface area contributed by atoms with Crippen molar-refractivity contribution in [2.75, 3.05) is 5.88 Å². The molecule has 0 saturated heterocycles. The zero-order valence-corrected chi connectivity index (χ0v) is 9.32. The van der Waals surface area contributed by atoms with E-state index in [4.69, 9.17) is 11.6 Å². The lowest BCUT2D eigenvalue weighted by Crippen LogP contribution is -1.96. The molecule has 0 radical (unpaired) electrons. The van der Waals surface area contributed by atoms with Crippen molar-refractivity contribution < 1.29 is 8.78 Å². The van der Waals surface area contributed by atoms with Crippen LogP contribution in [0.5, 0.6) is 0 Å². The number of allylic oxidation sites excluding steroid dienone is 2. The second-order valence-corrected chi connectivity index (χ2v) is 3.78. The fourth-order valence-electron chi connectivity index (χ4n) is 1.35. The van der Waals surface area contributed by atoms with Gasteiger partial charge in [0.05, 0.1) is 0 Å². The van der Waals surface area contributed by atoms with Crippen molar-refractivity contribution in [1.82, 2.24) is 0 Å². The third-order valence-corrected chi connectivity index (χ3v) is 2.34. The standard InChI is InChI=1S/C12H13ClF2/c1-9(4-3-7-13)8-10-11(14)5-2-6-12(10)15/h2,4-6H,3,7-8H2,1H3/b9-4-. The Hall–Kier alpha value is -0.890. The van der Waals surface area contributed by atoms with Gasteiger partial charge in [-0.25, -0.2) is 8.78 Å². The summed E-state index contributed by atoms with van der Waals surface area (Å²) in [7, 11) is 0. The van der Waals surface area contributed by atoms with Gasteiger partial charge in [-0.2, -0.15) is 0 Å². The summed E-state index contributed by atoms with van der Waals surface area (Å²) in [6.07, 6.45) is 2.93. The smallest absolute Gasteiger partial charge is 0.129 e. The Bertz CT molecular complexity index is 338. The van der Waals surface area contributed by atoms with E-state index in [1.165, 1.54) is 18.2 Å². The van der Waals surface area contributed by atoms with Gasteiger partial charge in [0, 0.05) is 11.4 Å². The number of halogens is 3. The Morgan fingerprint density at radius 3 is 2.47 bits per heavy atom. The van der Waals surface area contributed by atoms with E-state index in [0.29, 0.717) is 12.3 Å². The summed E-state index contributed by atoms with van der Waals surface area (Å²) in [6, 6.07) is 3.91. The second kappa shape index (κ2) is 5.86. The normalized spacial score (nSPS) is 11.9. The highest BCUT2D eigenvalue weighted by atomic mass is 35.5. The first-order chi connectivity index (χ1) is 7.15. The molecule has 0 aliphatic heterocycles. The first-order valence-corrected chi connectivity index (χ1v) is 5.33. The van der Waals surface area contributed by atoms with Crippen LogP contribution in [0.1, 0.15) is 18.9 Å². The fourth-order valence-corrected chi connectivity index (χ4v) is 1.46. The van der Waals surface area contributed by atoms with Gasteiger partial charge in [-0.1, -0.05) is 17.7 Å². The monoisotopic (exact) mass is 230 g/mol. The lowest BCUT2D eigenvalue weighted by molar-refractivity contribution is 0.560. The topological polar surface area (TPSA) is 0 Å². The Balaban J connectivity index is 2.80. The molecule has 0 aliphatic rings. The van der Waals surface area contributed by atoms with Crippen LogP contribution in [-0.2, 0) is 6.42 Å². The molecule has 0 bridgehead atoms. The van der Waals surface area contributed by atoms with Gasteiger partial charge in [-0.15, -0.1) is 11.6 Å². The fraction of sp³-hybridized carbons (Fsp3) is 0.333. The first-order valence-electron chi connectivity index (χ1n) is 4.79. The summed E-state index contributed by atoms with van der Waals surface area (Å²) in [4.78, 5) is 0. The quantitative estimate of drug-likeness (QED) is 0.540. The van der Waals surface area contributed by atoms with Gasteiger partial charge < -0.3 is 0 Å². The van der Waals surface area contributed by atoms with E-state index in [2.05, 4.69) is 0 Å². The highest BCUT2D eigenvalue weighted by Crippen LogP contribution is 2.16. The molecule has 0 heterocycles. The maximum atomic E-state index is 13.2. The Morgan fingerprint density at radius 2 is 1.93 bits per heavy atom. The number of hydrogen-bond donors (Lipinski definition) is 0. The van der Waals surface area contributed by atoms with Crippen molar-refractivity contribution in [3.63, 3.8) is 0 Å². The predicted molar refractivity (Wildman–Crippen MR) is 59.2 cm³/mol. The molecule has 0 unspecified atom stereocenters. The van der Waals surface area contributed by atoms with Crippen molar-refractivity contribution >= 4 is 11.6 Å². The van der Waals surface area contributed by atoms with Gasteiger partial charge in [-0.05, 0) is 31.9 Å². The average Bonchev–Trinajstić information content (AvgIpc) is 2.21. The highest BCUT2D eigenvalue weighted by molar-refractivity contribution is 6.17. The third kappa shape index (κ3) is 3.63. The summed E-state index contributed by atoms with van der Waals surface area (Å²) in [6.45, 7) is 1.85. The van der Waals surface area contributed by atoms with Crippen molar-refractivity contribution in [2.45, 2.75) is 19.8 Å². The minimum atomic E-state index is -0.492. The van der Waals surface area contributed by atoms with Gasteiger partial charge >= 0.3 is 0 Å². The minimum absolute atomic E-state index is 0.126. The Kier molecular flexibility index (Phi) is 4.76. The van der Waals surface area contributed by atoms with Crippen LogP contribution in [0.2, 0.25) is 0 Å². The van der Waals surface area contributed by atoms with Gasteiger partial charge in [0.15, 0.2) is 0 Å². The lowest BCUT2D eigenvalue weighted by atomic mass is 10.0. The predicted octanol–water partition coefficient (Wildman–Crippen LogP) is 4.08. The van der Waals surface area contributed by atoms with Crippen LogP contribution < -0.4 is 0 Å². The van der Waals surface area contributed by atoms with Crippen LogP contribution in [0.3, 0.4) is 0 Å². The number of hydrogen-bond acceptors (Lipinski definition) is 0. The van der Waals surface area contributed by atoms with Gasteiger partial charge in [-0.3, -0.25) is 0 Å². The van der Waals surface area contributed by atoms with Gasteiger partial charge in [0.2, 0.25) is 0 Å². The highest BCUT2D eigenvalue weighted by Gasteiger charge is 2.07. The first kappa shape index (κ1) is 12.2.